The van der Waals surface area contributed by atoms with Crippen LogP contribution in [0.5, 0.6) is 0 Å². The smallest absolute Gasteiger partial charge is 0.285 e. The van der Waals surface area contributed by atoms with E-state index < -0.39 is 10.7 Å². The van der Waals surface area contributed by atoms with E-state index in [1.165, 1.54) is 6.07 Å². The lowest BCUT2D eigenvalue weighted by atomic mass is 10.1. The third kappa shape index (κ3) is 2.25. The lowest BCUT2D eigenvalue weighted by Gasteiger charge is -2.01. The Morgan fingerprint density at radius 1 is 1.50 bits per heavy atom. The Morgan fingerprint density at radius 2 is 2.35 bits per heavy atom. The molecule has 0 amide bonds. The number of nitrogens with one attached hydrogen (secondary N) is 1. The minimum atomic E-state index is -0.683. The summed E-state index contributed by atoms with van der Waals surface area (Å²) in [5.74, 6) is -0.186. The zero-order chi connectivity index (χ0) is 14.1. The lowest BCUT2D eigenvalue weighted by Crippen LogP contribution is -2.14. The van der Waals surface area contributed by atoms with Gasteiger partial charge in [0.15, 0.2) is 5.82 Å². The quantitative estimate of drug-likeness (QED) is 0.683. The maximum Gasteiger partial charge on any atom is 0.285 e. The van der Waals surface area contributed by atoms with Crippen LogP contribution in [0.3, 0.4) is 0 Å². The van der Waals surface area contributed by atoms with Gasteiger partial charge >= 0.3 is 0 Å². The number of nitro groups is 1. The number of hydrogen-bond donors (Lipinski definition) is 1. The van der Waals surface area contributed by atoms with E-state index in [9.17, 15) is 14.5 Å². The molecular formula is C12H11FN4O3. The molecule has 3 rings (SSSR count). The topological polar surface area (TPSA) is 94.1 Å². The van der Waals surface area contributed by atoms with Gasteiger partial charge in [0.1, 0.15) is 11.4 Å². The standard InChI is InChI=1S/C12H11FN4O3/c13-7-3-4-8(10(6-7)17(18)19)12-15-11(16-20-12)9-2-1-5-14-9/h3-4,6,9,14H,1-2,5H2. The molecule has 2 heterocycles. The highest BCUT2D eigenvalue weighted by Gasteiger charge is 2.25. The van der Waals surface area contributed by atoms with E-state index in [1.54, 1.807) is 0 Å². The first-order valence-corrected chi connectivity index (χ1v) is 6.16. The van der Waals surface area contributed by atoms with Gasteiger partial charge in [0.2, 0.25) is 0 Å². The van der Waals surface area contributed by atoms with Crippen LogP contribution < -0.4 is 5.32 Å². The Hall–Kier alpha value is -2.35. The summed E-state index contributed by atoms with van der Waals surface area (Å²) in [7, 11) is 0. The van der Waals surface area contributed by atoms with Crippen LogP contribution in [0.15, 0.2) is 22.7 Å². The van der Waals surface area contributed by atoms with Gasteiger partial charge in [-0.25, -0.2) is 4.39 Å². The van der Waals surface area contributed by atoms with Crippen molar-refractivity contribution in [3.63, 3.8) is 0 Å². The third-order valence-corrected chi connectivity index (χ3v) is 3.20. The van der Waals surface area contributed by atoms with Crippen LogP contribution in [0.4, 0.5) is 10.1 Å². The Kier molecular flexibility index (Phi) is 3.15. The first-order valence-electron chi connectivity index (χ1n) is 6.16. The van der Waals surface area contributed by atoms with Crippen LogP contribution in [-0.2, 0) is 0 Å². The van der Waals surface area contributed by atoms with Crippen LogP contribution in [0.25, 0.3) is 11.5 Å². The summed E-state index contributed by atoms with van der Waals surface area (Å²) in [5.41, 5.74) is -0.271. The van der Waals surface area contributed by atoms with Gasteiger partial charge in [-0.1, -0.05) is 5.16 Å². The minimum absolute atomic E-state index is 0.00649. The molecule has 104 valence electrons. The molecule has 0 saturated carbocycles. The van der Waals surface area contributed by atoms with Gasteiger partial charge in [-0.15, -0.1) is 0 Å². The van der Waals surface area contributed by atoms with Crippen LogP contribution in [-0.4, -0.2) is 21.6 Å². The largest absolute Gasteiger partial charge is 0.334 e. The van der Waals surface area contributed by atoms with Crippen molar-refractivity contribution < 1.29 is 13.8 Å². The van der Waals surface area contributed by atoms with Crippen LogP contribution in [0.1, 0.15) is 24.7 Å². The molecule has 2 aromatic rings. The number of aromatic nitrogens is 2. The van der Waals surface area contributed by atoms with Crippen molar-refractivity contribution in [1.29, 1.82) is 0 Å². The third-order valence-electron chi connectivity index (χ3n) is 3.20. The Balaban J connectivity index is 1.98. The molecule has 1 aliphatic rings. The van der Waals surface area contributed by atoms with Crippen molar-refractivity contribution in [2.45, 2.75) is 18.9 Å². The molecule has 7 nitrogen and oxygen atoms in total. The van der Waals surface area contributed by atoms with E-state index in [1.807, 2.05) is 0 Å². The highest BCUT2D eigenvalue weighted by molar-refractivity contribution is 5.66. The number of nitrogens with zero attached hydrogens (tertiary/aromatic N) is 3. The number of hydrogen-bond acceptors (Lipinski definition) is 6. The fraction of sp³-hybridized carbons (Fsp3) is 0.333. The van der Waals surface area contributed by atoms with E-state index in [0.29, 0.717) is 5.82 Å². The Bertz CT molecular complexity index is 652. The zero-order valence-corrected chi connectivity index (χ0v) is 10.4. The molecule has 0 aliphatic carbocycles. The number of rotatable bonds is 3. The van der Waals surface area contributed by atoms with Gasteiger partial charge in [-0.05, 0) is 31.5 Å². The van der Waals surface area contributed by atoms with Crippen LogP contribution >= 0.6 is 0 Å². The monoisotopic (exact) mass is 278 g/mol. The van der Waals surface area contributed by atoms with Crippen LogP contribution in [0.2, 0.25) is 0 Å². The maximum atomic E-state index is 13.1. The van der Waals surface area contributed by atoms with Gasteiger partial charge < -0.3 is 9.84 Å². The van der Waals surface area contributed by atoms with Crippen molar-refractivity contribution in [3.8, 4) is 11.5 Å². The molecule has 0 radical (unpaired) electrons. The second-order valence-corrected chi connectivity index (χ2v) is 4.53. The molecule has 1 aromatic heterocycles. The molecule has 8 heteroatoms. The SMILES string of the molecule is O=[N+]([O-])c1cc(F)ccc1-c1nc(C2CCCN2)no1. The fourth-order valence-corrected chi connectivity index (χ4v) is 2.23. The summed E-state index contributed by atoms with van der Waals surface area (Å²) in [6.45, 7) is 0.880. The van der Waals surface area contributed by atoms with E-state index in [4.69, 9.17) is 4.52 Å². The molecule has 1 N–H and O–H groups in total. The molecule has 1 fully saturated rings. The molecule has 1 aromatic carbocycles. The minimum Gasteiger partial charge on any atom is -0.334 e. The Labute approximate surface area is 112 Å². The van der Waals surface area contributed by atoms with Crippen molar-refractivity contribution in [2.75, 3.05) is 6.54 Å². The lowest BCUT2D eigenvalue weighted by molar-refractivity contribution is -0.384. The van der Waals surface area contributed by atoms with Gasteiger partial charge in [-0.3, -0.25) is 10.1 Å². The first-order chi connectivity index (χ1) is 9.65. The van der Waals surface area contributed by atoms with Crippen molar-refractivity contribution in [3.05, 3.63) is 40.0 Å². The van der Waals surface area contributed by atoms with Gasteiger partial charge in [-0.2, -0.15) is 4.98 Å². The van der Waals surface area contributed by atoms with E-state index in [2.05, 4.69) is 15.5 Å². The zero-order valence-electron chi connectivity index (χ0n) is 10.4. The second kappa shape index (κ2) is 4.97. The molecular weight excluding hydrogens is 267 g/mol. The van der Waals surface area contributed by atoms with E-state index in [-0.39, 0.29) is 23.2 Å². The maximum absolute atomic E-state index is 13.1. The molecule has 0 spiro atoms. The van der Waals surface area contributed by atoms with Gasteiger partial charge in [0, 0.05) is 0 Å². The fourth-order valence-electron chi connectivity index (χ4n) is 2.23. The number of benzene rings is 1. The van der Waals surface area contributed by atoms with Crippen LogP contribution in [0, 0.1) is 15.9 Å². The summed E-state index contributed by atoms with van der Waals surface area (Å²) >= 11 is 0. The van der Waals surface area contributed by atoms with Gasteiger partial charge in [0.25, 0.3) is 11.6 Å². The van der Waals surface area contributed by atoms with E-state index in [0.717, 1.165) is 31.5 Å². The number of halogens is 1. The molecule has 1 saturated heterocycles. The average molecular weight is 278 g/mol. The average Bonchev–Trinajstić information content (AvgIpc) is 3.09. The van der Waals surface area contributed by atoms with E-state index >= 15 is 0 Å². The number of nitro benzene ring substituents is 1. The normalized spacial score (nSPS) is 18.4. The predicted octanol–water partition coefficient (Wildman–Crippen LogP) is 2.21. The molecule has 1 unspecified atom stereocenters. The van der Waals surface area contributed by atoms with Gasteiger partial charge in [0.05, 0.1) is 17.0 Å². The van der Waals surface area contributed by atoms with Crippen molar-refractivity contribution in [1.82, 2.24) is 15.5 Å². The second-order valence-electron chi connectivity index (χ2n) is 4.53. The highest BCUT2D eigenvalue weighted by atomic mass is 19.1. The Morgan fingerprint density at radius 3 is 3.05 bits per heavy atom. The molecule has 20 heavy (non-hydrogen) atoms. The van der Waals surface area contributed by atoms with Crippen molar-refractivity contribution in [2.24, 2.45) is 0 Å². The molecule has 0 bridgehead atoms. The summed E-state index contributed by atoms with van der Waals surface area (Å²) in [5, 5.41) is 18.0. The summed E-state index contributed by atoms with van der Waals surface area (Å²) in [6, 6.07) is 3.24. The summed E-state index contributed by atoms with van der Waals surface area (Å²) in [4.78, 5) is 14.4. The molecule has 1 atom stereocenters. The molecule has 1 aliphatic heterocycles. The predicted molar refractivity (Wildman–Crippen MR) is 66.3 cm³/mol. The van der Waals surface area contributed by atoms with Crippen molar-refractivity contribution >= 4 is 5.69 Å². The first kappa shape index (κ1) is 12.7. The summed E-state index contributed by atoms with van der Waals surface area (Å²) in [6.07, 6.45) is 1.91. The highest BCUT2D eigenvalue weighted by Crippen LogP contribution is 2.30. The summed E-state index contributed by atoms with van der Waals surface area (Å²) < 4.78 is 18.2.